The average Bonchev–Trinajstić information content (AvgIpc) is 3.42. The molecule has 3 aromatic rings. The normalized spacial score (nSPS) is 21.1. The van der Waals surface area contributed by atoms with Gasteiger partial charge in [0.2, 0.25) is 10.0 Å². The molecule has 2 atom stereocenters. The van der Waals surface area contributed by atoms with Crippen LogP contribution in [0.1, 0.15) is 60.5 Å². The molecule has 5 heterocycles. The molecule has 1 N–H and O–H groups in total. The molecule has 0 amide bonds. The molecule has 15 heteroatoms. The summed E-state index contributed by atoms with van der Waals surface area (Å²) in [5.74, 6) is 0.403. The number of aliphatic hydroxyl groups is 1. The number of thioether (sulfide) groups is 1. The fourth-order valence-corrected chi connectivity index (χ4v) is 9.16. The first-order chi connectivity index (χ1) is 23.4. The molecule has 9 nitrogen and oxygen atoms in total. The van der Waals surface area contributed by atoms with E-state index in [0.717, 1.165) is 61.1 Å². The van der Waals surface area contributed by atoms with Crippen LogP contribution >= 0.6 is 11.8 Å². The quantitative estimate of drug-likeness (QED) is 0.208. The Morgan fingerprint density at radius 1 is 1.06 bits per heavy atom. The zero-order valence-electron chi connectivity index (χ0n) is 27.7. The lowest BCUT2D eigenvalue weighted by Crippen LogP contribution is -2.41. The molecule has 0 bridgehead atoms. The van der Waals surface area contributed by atoms with Crippen LogP contribution < -0.4 is 0 Å². The third kappa shape index (κ3) is 8.85. The van der Waals surface area contributed by atoms with Gasteiger partial charge in [0.15, 0.2) is 0 Å². The van der Waals surface area contributed by atoms with Gasteiger partial charge in [0.05, 0.1) is 30.2 Å². The molecule has 3 aliphatic heterocycles. The zero-order valence-corrected chi connectivity index (χ0v) is 29.3. The van der Waals surface area contributed by atoms with Crippen LogP contribution in [0.4, 0.5) is 17.6 Å². The van der Waals surface area contributed by atoms with Crippen molar-refractivity contribution in [1.29, 1.82) is 0 Å². The number of hydrogen-bond donors (Lipinski definition) is 1. The van der Waals surface area contributed by atoms with Gasteiger partial charge in [0.25, 0.3) is 0 Å². The van der Waals surface area contributed by atoms with Crippen LogP contribution in [0.3, 0.4) is 0 Å². The summed E-state index contributed by atoms with van der Waals surface area (Å²) in [5, 5.41) is 16.2. The van der Waals surface area contributed by atoms with Gasteiger partial charge in [0, 0.05) is 91.6 Å². The van der Waals surface area contributed by atoms with E-state index in [4.69, 9.17) is 5.10 Å². The Labute approximate surface area is 289 Å². The van der Waals surface area contributed by atoms with E-state index in [1.807, 2.05) is 12.3 Å². The SMILES string of the molecule is CS(=O)(=O)N1CCc2c(c(-c3ccc(C(F)(F)F)c(SCCN4CCC(F)CC4)c3)nn2C[C@@H](O)CN2CCCCC2c2cccnc2)C1. The van der Waals surface area contributed by atoms with E-state index in [0.29, 0.717) is 68.0 Å². The van der Waals surface area contributed by atoms with Crippen LogP contribution in [0.25, 0.3) is 11.3 Å². The second-order valence-corrected chi connectivity index (χ2v) is 16.4. The van der Waals surface area contributed by atoms with E-state index in [-0.39, 0.29) is 30.6 Å². The Kier molecular flexibility index (Phi) is 11.4. The highest BCUT2D eigenvalue weighted by molar-refractivity contribution is 7.99. The Hall–Kier alpha value is -2.56. The lowest BCUT2D eigenvalue weighted by Gasteiger charge is -2.37. The van der Waals surface area contributed by atoms with Gasteiger partial charge in [-0.25, -0.2) is 12.8 Å². The van der Waals surface area contributed by atoms with E-state index in [9.17, 15) is 31.1 Å². The maximum Gasteiger partial charge on any atom is 0.417 e. The van der Waals surface area contributed by atoms with E-state index in [1.165, 1.54) is 16.4 Å². The minimum atomic E-state index is -4.56. The maximum absolute atomic E-state index is 14.1. The predicted octanol–water partition coefficient (Wildman–Crippen LogP) is 5.40. The van der Waals surface area contributed by atoms with Crippen molar-refractivity contribution in [3.8, 4) is 11.3 Å². The number of piperidine rings is 2. The molecule has 0 radical (unpaired) electrons. The first-order valence-electron chi connectivity index (χ1n) is 16.9. The summed E-state index contributed by atoms with van der Waals surface area (Å²) >= 11 is 1.11. The Morgan fingerprint density at radius 3 is 2.57 bits per heavy atom. The number of pyridine rings is 1. The number of fused-ring (bicyclic) bond motifs is 1. The number of aliphatic hydroxyl groups excluding tert-OH is 1. The average molecular weight is 725 g/mol. The van der Waals surface area contributed by atoms with E-state index in [1.54, 1.807) is 10.9 Å². The zero-order chi connectivity index (χ0) is 34.8. The molecular formula is C34H44F4N6O3S2. The van der Waals surface area contributed by atoms with Crippen LogP contribution in [0.15, 0.2) is 47.6 Å². The van der Waals surface area contributed by atoms with Crippen LogP contribution in [-0.2, 0) is 35.7 Å². The van der Waals surface area contributed by atoms with Crippen molar-refractivity contribution in [2.75, 3.05) is 51.3 Å². The molecule has 2 saturated heterocycles. The molecule has 49 heavy (non-hydrogen) atoms. The van der Waals surface area contributed by atoms with Crippen LogP contribution in [0.5, 0.6) is 0 Å². The number of aromatic nitrogens is 3. The predicted molar refractivity (Wildman–Crippen MR) is 181 cm³/mol. The van der Waals surface area contributed by atoms with Crippen molar-refractivity contribution in [2.45, 2.75) is 81.0 Å². The van der Waals surface area contributed by atoms with Gasteiger partial charge in [-0.3, -0.25) is 14.6 Å². The number of sulfonamides is 1. The highest BCUT2D eigenvalue weighted by Crippen LogP contribution is 2.40. The number of rotatable bonds is 11. The lowest BCUT2D eigenvalue weighted by atomic mass is 9.96. The molecule has 0 saturated carbocycles. The second-order valence-electron chi connectivity index (χ2n) is 13.3. The van der Waals surface area contributed by atoms with Gasteiger partial charge >= 0.3 is 6.18 Å². The van der Waals surface area contributed by atoms with Gasteiger partial charge in [-0.05, 0) is 56.0 Å². The number of alkyl halides is 4. The molecular weight excluding hydrogens is 681 g/mol. The van der Waals surface area contributed by atoms with Gasteiger partial charge in [-0.2, -0.15) is 22.6 Å². The Bertz CT molecular complexity index is 1680. The van der Waals surface area contributed by atoms with E-state index < -0.39 is 34.0 Å². The van der Waals surface area contributed by atoms with Crippen LogP contribution in [0, 0.1) is 0 Å². The number of halogens is 4. The third-order valence-electron chi connectivity index (χ3n) is 9.82. The van der Waals surface area contributed by atoms with Crippen molar-refractivity contribution in [3.63, 3.8) is 0 Å². The molecule has 3 aliphatic rings. The molecule has 0 aliphatic carbocycles. The standard InChI is InChI=1S/C34H44F4N6O3S2/c1-49(46,47)43-16-11-31-28(23-43)33(40-44(31)22-27(45)21-42-13-3-2-6-30(42)25-5-4-12-39-20-25)24-7-8-29(34(36,37)38)32(19-24)48-18-17-41-14-9-26(35)10-15-41/h4-5,7-8,12,19-20,26-27,30,45H,2-3,6,9-11,13-18,21-23H2,1H3/t27-,30?/m0/s1. The minimum absolute atomic E-state index is 0.0445. The van der Waals surface area contributed by atoms with Crippen molar-refractivity contribution in [1.82, 2.24) is 28.9 Å². The van der Waals surface area contributed by atoms with Gasteiger partial charge < -0.3 is 10.0 Å². The molecule has 0 spiro atoms. The first kappa shape index (κ1) is 36.2. The molecule has 1 aromatic carbocycles. The summed E-state index contributed by atoms with van der Waals surface area (Å²) in [4.78, 5) is 8.69. The van der Waals surface area contributed by atoms with Crippen molar-refractivity contribution in [3.05, 3.63) is 65.1 Å². The summed E-state index contributed by atoms with van der Waals surface area (Å²) < 4.78 is 84.2. The smallest absolute Gasteiger partial charge is 0.390 e. The van der Waals surface area contributed by atoms with Crippen LogP contribution in [0.2, 0.25) is 0 Å². The maximum atomic E-state index is 14.1. The highest BCUT2D eigenvalue weighted by atomic mass is 32.2. The Balaban J connectivity index is 1.26. The van der Waals surface area contributed by atoms with Crippen molar-refractivity contribution in [2.24, 2.45) is 0 Å². The summed E-state index contributed by atoms with van der Waals surface area (Å²) in [6.45, 7) is 3.41. The molecule has 268 valence electrons. The highest BCUT2D eigenvalue weighted by Gasteiger charge is 2.35. The van der Waals surface area contributed by atoms with Gasteiger partial charge in [0.1, 0.15) is 6.17 Å². The molecule has 6 rings (SSSR count). The monoisotopic (exact) mass is 724 g/mol. The summed E-state index contributed by atoms with van der Waals surface area (Å²) in [6.07, 6.45) is 2.88. The summed E-state index contributed by atoms with van der Waals surface area (Å²) in [5.41, 5.74) is 2.66. The number of hydrogen-bond acceptors (Lipinski definition) is 8. The Morgan fingerprint density at radius 2 is 1.86 bits per heavy atom. The molecule has 1 unspecified atom stereocenters. The van der Waals surface area contributed by atoms with Gasteiger partial charge in [-0.15, -0.1) is 11.8 Å². The largest absolute Gasteiger partial charge is 0.417 e. The number of nitrogens with zero attached hydrogens (tertiary/aromatic N) is 6. The fraction of sp³-hybridized carbons (Fsp3) is 0.588. The van der Waals surface area contributed by atoms with Gasteiger partial charge in [-0.1, -0.05) is 18.6 Å². The topological polar surface area (TPSA) is 94.8 Å². The minimum Gasteiger partial charge on any atom is -0.390 e. The lowest BCUT2D eigenvalue weighted by molar-refractivity contribution is -0.139. The van der Waals surface area contributed by atoms with Crippen molar-refractivity contribution < 1.29 is 31.1 Å². The van der Waals surface area contributed by atoms with E-state index >= 15 is 0 Å². The number of β-amino-alcohol motifs (C(OH)–C–C–N with tert-alkyl or cyclic N) is 1. The third-order valence-corrected chi connectivity index (χ3v) is 12.1. The summed E-state index contributed by atoms with van der Waals surface area (Å²) in [6, 6.07) is 8.07. The second kappa shape index (κ2) is 15.4. The number of likely N-dealkylation sites (tertiary alicyclic amines) is 2. The fourth-order valence-electron chi connectivity index (χ4n) is 7.25. The number of benzene rings is 1. The van der Waals surface area contributed by atoms with E-state index in [2.05, 4.69) is 20.9 Å². The molecule has 2 aromatic heterocycles. The first-order valence-corrected chi connectivity index (χ1v) is 19.8. The van der Waals surface area contributed by atoms with Crippen molar-refractivity contribution >= 4 is 21.8 Å². The molecule has 2 fully saturated rings. The summed E-state index contributed by atoms with van der Waals surface area (Å²) in [7, 11) is -3.54. The van der Waals surface area contributed by atoms with Crippen LogP contribution in [-0.4, -0.2) is 106 Å².